The molecule has 9 atom stereocenters. The van der Waals surface area contributed by atoms with Crippen molar-refractivity contribution in [2.24, 2.45) is 70.0 Å². The Morgan fingerprint density at radius 3 is 1.06 bits per heavy atom. The standard InChI is InChI=1S/C28H38O2.C26H36O4.2C20H28O4.C16H24O3/c1-5-16(2)19-6-8-20(9-7-19)26(29)30-27(3,4)28-15-18-11-22-21-10-17(13-24(22)28)14-25(28)23(21)12-18;1-5-17(2)21-6-8-22(9-7-21)24(28)29-16-23(27)30-25(3,4)26-13-18-10-19(14-26)12-20(11-18)15-26;1-4-15(2)16-8-10-17(11-9-16)19(22)23-14-18(21)24-20(3)12-6-5-7-13-20;1-4-15(3)16-8-10-17(11-9-16)19(22)23-14-18(21)24-20(5-2)12-6-7-13-20;1-6-12(2)13-7-9-14(10-8-13)18-11-15(17)19-16(3,4)5/h6-9,16-18,21-25H,5,10-15H2,1-4H3;6-9,17-20H,5,10-16H2,1-4H3;2*8-11,15H,4-7,12-14H2,1-3H3;7-10,12H,6,11H2,1-5H3. The summed E-state index contributed by atoms with van der Waals surface area (Å²) in [5.74, 6) is 8.51. The van der Waals surface area contributed by atoms with E-state index in [4.69, 9.17) is 42.6 Å². The Balaban J connectivity index is 0.000000156. The Bertz CT molecular complexity index is 4400. The summed E-state index contributed by atoms with van der Waals surface area (Å²) in [6.45, 7) is 38.8. The predicted molar refractivity (Wildman–Crippen MR) is 498 cm³/mol. The van der Waals surface area contributed by atoms with Gasteiger partial charge in [0, 0.05) is 10.8 Å². The molecule has 127 heavy (non-hydrogen) atoms. The normalized spacial score (nSPS) is 26.2. The van der Waals surface area contributed by atoms with Crippen LogP contribution in [0, 0.1) is 70.0 Å². The lowest BCUT2D eigenvalue weighted by atomic mass is 9.28. The quantitative estimate of drug-likeness (QED) is 0.0308. The highest BCUT2D eigenvalue weighted by molar-refractivity contribution is 5.92. The lowest BCUT2D eigenvalue weighted by Gasteiger charge is -2.77. The summed E-state index contributed by atoms with van der Waals surface area (Å²) in [5.41, 5.74) is 6.47. The molecule has 13 saturated carbocycles. The fraction of sp³-hybridized carbons (Fsp3) is 0.655. The molecule has 18 rings (SSSR count). The van der Waals surface area contributed by atoms with E-state index in [0.29, 0.717) is 57.6 Å². The van der Waals surface area contributed by atoms with Crippen LogP contribution in [-0.4, -0.2) is 102 Å². The molecule has 5 aromatic carbocycles. The number of ether oxygens (including phenoxy) is 9. The molecule has 0 radical (unpaired) electrons. The summed E-state index contributed by atoms with van der Waals surface area (Å²) in [7, 11) is 0. The summed E-state index contributed by atoms with van der Waals surface area (Å²) < 4.78 is 49.6. The molecule has 13 aliphatic carbocycles. The van der Waals surface area contributed by atoms with Gasteiger partial charge in [-0.25, -0.2) is 38.4 Å². The second kappa shape index (κ2) is 43.1. The Hall–Kier alpha value is -8.34. The van der Waals surface area contributed by atoms with Gasteiger partial charge in [0.2, 0.25) is 0 Å². The van der Waals surface area contributed by atoms with Crippen molar-refractivity contribution in [1.29, 1.82) is 0 Å². The van der Waals surface area contributed by atoms with Gasteiger partial charge in [-0.05, 0) is 400 Å². The lowest BCUT2D eigenvalue weighted by molar-refractivity contribution is -0.304. The molecule has 17 heteroatoms. The highest BCUT2D eigenvalue weighted by atomic mass is 16.6. The van der Waals surface area contributed by atoms with Crippen LogP contribution in [0.4, 0.5) is 0 Å². The number of hydrogen-bond acceptors (Lipinski definition) is 17. The van der Waals surface area contributed by atoms with Crippen molar-refractivity contribution in [3.63, 3.8) is 0 Å². The molecule has 0 spiro atoms. The van der Waals surface area contributed by atoms with Crippen LogP contribution in [0.25, 0.3) is 0 Å². The van der Waals surface area contributed by atoms with Gasteiger partial charge < -0.3 is 42.6 Å². The third kappa shape index (κ3) is 24.7. The monoisotopic (exact) mass is 1750 g/mol. The molecule has 0 saturated heterocycles. The van der Waals surface area contributed by atoms with Crippen LogP contribution in [0.2, 0.25) is 0 Å². The molecule has 17 nitrogen and oxygen atoms in total. The van der Waals surface area contributed by atoms with Gasteiger partial charge in [0.05, 0.1) is 22.3 Å². The molecule has 0 aliphatic heterocycles. The van der Waals surface area contributed by atoms with Crippen LogP contribution < -0.4 is 4.74 Å². The molecular formula is C110H154O17. The van der Waals surface area contributed by atoms with Gasteiger partial charge in [0.15, 0.2) is 26.4 Å². The average Bonchev–Trinajstić information content (AvgIpc) is 0.992. The van der Waals surface area contributed by atoms with E-state index in [1.807, 2.05) is 107 Å². The van der Waals surface area contributed by atoms with Crippen LogP contribution >= 0.6 is 0 Å². The topological polar surface area (TPSA) is 220 Å². The maximum atomic E-state index is 13.3. The number of carbonyl (C=O) groups is 8. The van der Waals surface area contributed by atoms with Gasteiger partial charge in [-0.1, -0.05) is 143 Å². The molecule has 0 N–H and O–H groups in total. The van der Waals surface area contributed by atoms with Gasteiger partial charge >= 0.3 is 47.8 Å². The molecule has 5 aromatic rings. The largest absolute Gasteiger partial charge is 0.482 e. The Kier molecular flexibility index (Phi) is 33.7. The van der Waals surface area contributed by atoms with Crippen molar-refractivity contribution in [2.45, 2.75) is 363 Å². The van der Waals surface area contributed by atoms with E-state index in [2.05, 4.69) is 109 Å². The molecular weight excluding hydrogens is 1590 g/mol. The first-order chi connectivity index (χ1) is 60.3. The zero-order valence-electron chi connectivity index (χ0n) is 80.6. The molecule has 696 valence electrons. The molecule has 0 amide bonds. The third-order valence-electron chi connectivity index (χ3n) is 32.1. The summed E-state index contributed by atoms with van der Waals surface area (Å²) in [4.78, 5) is 97.7. The molecule has 13 fully saturated rings. The van der Waals surface area contributed by atoms with E-state index in [9.17, 15) is 38.4 Å². The Labute approximate surface area is 760 Å². The minimum Gasteiger partial charge on any atom is -0.482 e. The van der Waals surface area contributed by atoms with Crippen molar-refractivity contribution in [3.8, 4) is 5.75 Å². The predicted octanol–water partition coefficient (Wildman–Crippen LogP) is 25.9. The Morgan fingerprint density at radius 1 is 0.346 bits per heavy atom. The second-order valence-electron chi connectivity index (χ2n) is 42.4. The highest BCUT2D eigenvalue weighted by Gasteiger charge is 2.74. The van der Waals surface area contributed by atoms with Gasteiger partial charge in [0.1, 0.15) is 33.8 Å². The third-order valence-corrected chi connectivity index (χ3v) is 32.1. The first-order valence-electron chi connectivity index (χ1n) is 49.0. The fourth-order valence-corrected chi connectivity index (χ4v) is 24.3. The van der Waals surface area contributed by atoms with Gasteiger partial charge in [-0.15, -0.1) is 0 Å². The van der Waals surface area contributed by atoms with Crippen molar-refractivity contribution in [2.75, 3.05) is 26.4 Å². The molecule has 0 heterocycles. The average molecular weight is 1750 g/mol. The zero-order valence-corrected chi connectivity index (χ0v) is 80.6. The SMILES string of the molecule is CCC(C)c1ccc(C(=O)OC(C)(C)C23CC4CC5C6CC(CC52)CC3C6C4)cc1.CCC(C)c1ccc(C(=O)OCC(=O)OC(C)(C)C23CC4CC(CC(C4)C2)C3)cc1.CCC(C)c1ccc(C(=O)OCC(=O)OC2(C)CCCCC2)cc1.CCC(C)c1ccc(C(=O)OCC(=O)OC2(CC)CCCC2)cc1.CCC(C)c1ccc(OCC(=O)OC(C)(C)C)cc1. The summed E-state index contributed by atoms with van der Waals surface area (Å²) in [6.07, 6.45) is 31.4. The summed E-state index contributed by atoms with van der Waals surface area (Å²) >= 11 is 0. The minimum atomic E-state index is -0.523. The first-order valence-corrected chi connectivity index (χ1v) is 49.0. The van der Waals surface area contributed by atoms with Crippen LogP contribution in [0.5, 0.6) is 5.75 Å². The summed E-state index contributed by atoms with van der Waals surface area (Å²) in [6, 6.07) is 38.3. The minimum absolute atomic E-state index is 0.0556. The van der Waals surface area contributed by atoms with E-state index < -0.39 is 52.6 Å². The van der Waals surface area contributed by atoms with Crippen molar-refractivity contribution in [1.82, 2.24) is 0 Å². The summed E-state index contributed by atoms with van der Waals surface area (Å²) in [5, 5.41) is 0. The maximum Gasteiger partial charge on any atom is 0.344 e. The Morgan fingerprint density at radius 2 is 0.685 bits per heavy atom. The lowest BCUT2D eigenvalue weighted by Crippen LogP contribution is -2.73. The maximum absolute atomic E-state index is 13.3. The highest BCUT2D eigenvalue weighted by Crippen LogP contribution is 2.79. The number of esters is 8. The number of rotatable bonds is 30. The molecule has 12 bridgehead atoms. The number of benzene rings is 5. The van der Waals surface area contributed by atoms with E-state index >= 15 is 0 Å². The number of carbonyl (C=O) groups excluding carboxylic acids is 8. The molecule has 13 aliphatic rings. The second-order valence-corrected chi connectivity index (χ2v) is 42.4. The number of hydrogen-bond donors (Lipinski definition) is 0. The van der Waals surface area contributed by atoms with Crippen LogP contribution in [-0.2, 0) is 57.1 Å². The van der Waals surface area contributed by atoms with Gasteiger partial charge in [0.25, 0.3) is 0 Å². The fourth-order valence-electron chi connectivity index (χ4n) is 24.3. The van der Waals surface area contributed by atoms with E-state index in [0.717, 1.165) is 149 Å². The molecule has 9 unspecified atom stereocenters. The van der Waals surface area contributed by atoms with Gasteiger partial charge in [-0.3, -0.25) is 0 Å². The first kappa shape index (κ1) is 99.2. The van der Waals surface area contributed by atoms with E-state index in [1.165, 1.54) is 111 Å². The van der Waals surface area contributed by atoms with Crippen molar-refractivity contribution >= 4 is 47.8 Å². The zero-order chi connectivity index (χ0) is 92.0. The van der Waals surface area contributed by atoms with Crippen LogP contribution in [0.3, 0.4) is 0 Å². The van der Waals surface area contributed by atoms with Crippen LogP contribution in [0.15, 0.2) is 121 Å². The van der Waals surface area contributed by atoms with Crippen molar-refractivity contribution < 1.29 is 81.0 Å². The van der Waals surface area contributed by atoms with Crippen molar-refractivity contribution in [3.05, 3.63) is 171 Å². The van der Waals surface area contributed by atoms with Gasteiger partial charge in [-0.2, -0.15) is 0 Å². The van der Waals surface area contributed by atoms with E-state index in [1.54, 1.807) is 36.4 Å². The van der Waals surface area contributed by atoms with Crippen LogP contribution in [0.1, 0.15) is 404 Å². The molecule has 0 aromatic heterocycles. The smallest absolute Gasteiger partial charge is 0.344 e. The van der Waals surface area contributed by atoms with E-state index in [-0.39, 0.29) is 60.4 Å².